The maximum absolute atomic E-state index is 12.5. The number of rotatable bonds is 11. The lowest BCUT2D eigenvalue weighted by molar-refractivity contribution is 0.256. The minimum Gasteiger partial charge on any atom is -0.387 e. The Morgan fingerprint density at radius 1 is 0.704 bits per heavy atom. The van der Waals surface area contributed by atoms with Crippen molar-refractivity contribution in [3.63, 3.8) is 0 Å². The van der Waals surface area contributed by atoms with E-state index in [1.54, 1.807) is 15.4 Å². The van der Waals surface area contributed by atoms with E-state index < -0.39 is 26.1 Å². The number of amides is 2. The highest BCUT2D eigenvalue weighted by Gasteiger charge is 2.23. The number of anilines is 1. The van der Waals surface area contributed by atoms with Gasteiger partial charge in [0.15, 0.2) is 10.1 Å². The molecule has 0 unspecified atom stereocenters. The number of nitrogens with one attached hydrogen (secondary N) is 2. The monoisotopic (exact) mass is 784 g/mol. The second kappa shape index (κ2) is 19.6. The average Bonchev–Trinajstić information content (AvgIpc) is 3.77. The topological polar surface area (TPSA) is 204 Å². The summed E-state index contributed by atoms with van der Waals surface area (Å²) in [5, 5.41) is 16.0. The highest BCUT2D eigenvalue weighted by Crippen LogP contribution is 2.34. The molecule has 0 atom stereocenters. The molecular weight excluding hydrogens is 729 g/mol. The number of urea groups is 1. The summed E-state index contributed by atoms with van der Waals surface area (Å²) in [6.07, 6.45) is 7.48. The normalized spacial score (nSPS) is 11.7. The predicted molar refractivity (Wildman–Crippen MR) is 211 cm³/mol. The maximum atomic E-state index is 12.5. The van der Waals surface area contributed by atoms with Crippen molar-refractivity contribution < 1.29 is 26.4 Å². The van der Waals surface area contributed by atoms with Crippen LogP contribution in [0.5, 0.6) is 5.75 Å². The Morgan fingerprint density at radius 2 is 1.09 bits per heavy atom. The van der Waals surface area contributed by atoms with Crippen LogP contribution < -0.4 is 19.9 Å². The van der Waals surface area contributed by atoms with E-state index in [9.17, 15) is 21.6 Å². The number of nitrogens with zero attached hydrogens (tertiary/aromatic N) is 5. The number of sulfonamides is 2. The standard InChI is InChI=1S/C19H28N4O3S.C13H17NO.C6H11N3O2S/c1-12(2)15-8-7-9-16(13(3)4)18(15)21-19(24)22-27(25,26)17-10-23(11-20-17)14(5)6;1-9(2)11-6-5-7-12(10(3)4)13(11)15-8-14;1-5(2)9-3-6(8-4-9)12(7,10)11/h7-14H,1-6H3,(H2,21,22,24);5-7,9-10H,1-4H3;3-5H,1-2H3,(H2,7,10,11). The summed E-state index contributed by atoms with van der Waals surface area (Å²) in [5.41, 5.74) is 4.77. The van der Waals surface area contributed by atoms with Gasteiger partial charge in [-0.25, -0.2) is 33.0 Å². The van der Waals surface area contributed by atoms with Gasteiger partial charge < -0.3 is 19.2 Å². The molecule has 4 rings (SSSR count). The fraction of sp³-hybridized carbons (Fsp3) is 0.474. The molecule has 0 aliphatic rings. The first-order chi connectivity index (χ1) is 25.0. The molecule has 0 radical (unpaired) electrons. The van der Waals surface area contributed by atoms with E-state index in [0.29, 0.717) is 17.5 Å². The number of nitriles is 1. The van der Waals surface area contributed by atoms with E-state index in [1.165, 1.54) is 25.0 Å². The largest absolute Gasteiger partial charge is 0.387 e. The molecule has 296 valence electrons. The molecule has 2 aromatic heterocycles. The molecule has 4 N–H and O–H groups in total. The van der Waals surface area contributed by atoms with Crippen LogP contribution in [0.25, 0.3) is 0 Å². The Labute approximate surface area is 321 Å². The second-order valence-electron chi connectivity index (χ2n) is 14.5. The molecule has 0 aliphatic heterocycles. The Hall–Kier alpha value is -4.72. The van der Waals surface area contributed by atoms with Crippen LogP contribution in [0.1, 0.15) is 141 Å². The number of hydrogen-bond acceptors (Lipinski definition) is 9. The summed E-state index contributed by atoms with van der Waals surface area (Å²) in [4.78, 5) is 20.0. The molecule has 0 bridgehead atoms. The number of hydrogen-bond donors (Lipinski definition) is 3. The van der Waals surface area contributed by atoms with Gasteiger partial charge in [-0.15, -0.1) is 5.26 Å². The van der Waals surface area contributed by atoms with E-state index >= 15 is 0 Å². The van der Waals surface area contributed by atoms with Gasteiger partial charge in [0.2, 0.25) is 0 Å². The van der Waals surface area contributed by atoms with Crippen LogP contribution in [-0.2, 0) is 20.0 Å². The van der Waals surface area contributed by atoms with E-state index in [2.05, 4.69) is 47.7 Å². The van der Waals surface area contributed by atoms with Crippen molar-refractivity contribution in [3.05, 3.63) is 83.7 Å². The molecule has 14 nitrogen and oxygen atoms in total. The maximum Gasteiger partial charge on any atom is 0.333 e. The van der Waals surface area contributed by atoms with Crippen molar-refractivity contribution in [1.82, 2.24) is 23.8 Å². The molecule has 0 saturated carbocycles. The van der Waals surface area contributed by atoms with Crippen molar-refractivity contribution in [2.24, 2.45) is 5.14 Å². The van der Waals surface area contributed by atoms with Crippen LogP contribution in [-0.4, -0.2) is 42.0 Å². The summed E-state index contributed by atoms with van der Waals surface area (Å²) in [6.45, 7) is 24.2. The van der Waals surface area contributed by atoms with Gasteiger partial charge in [-0.1, -0.05) is 91.8 Å². The number of ether oxygens (including phenoxy) is 1. The zero-order valence-electron chi connectivity index (χ0n) is 33.3. The molecule has 0 fully saturated rings. The minimum atomic E-state index is -4.05. The lowest BCUT2D eigenvalue weighted by Gasteiger charge is -2.20. The minimum absolute atomic E-state index is 0.0711. The summed E-state index contributed by atoms with van der Waals surface area (Å²) < 4.78 is 57.0. The van der Waals surface area contributed by atoms with Gasteiger partial charge in [0.1, 0.15) is 5.75 Å². The van der Waals surface area contributed by atoms with E-state index in [-0.39, 0.29) is 34.0 Å². The smallest absolute Gasteiger partial charge is 0.333 e. The average molecular weight is 785 g/mol. The van der Waals surface area contributed by atoms with Crippen molar-refractivity contribution in [3.8, 4) is 12.0 Å². The van der Waals surface area contributed by atoms with Gasteiger partial charge in [-0.2, -0.15) is 8.42 Å². The first-order valence-corrected chi connectivity index (χ1v) is 20.8. The van der Waals surface area contributed by atoms with Crippen LogP contribution in [0.3, 0.4) is 0 Å². The molecule has 2 heterocycles. The first kappa shape index (κ1) is 45.4. The van der Waals surface area contributed by atoms with Crippen molar-refractivity contribution in [1.29, 1.82) is 5.26 Å². The van der Waals surface area contributed by atoms with Crippen molar-refractivity contribution in [2.75, 3.05) is 5.32 Å². The van der Waals surface area contributed by atoms with Crippen LogP contribution >= 0.6 is 0 Å². The quantitative estimate of drug-likeness (QED) is 0.125. The Morgan fingerprint density at radius 3 is 1.43 bits per heavy atom. The summed E-state index contributed by atoms with van der Waals surface area (Å²) in [7, 11) is -7.70. The van der Waals surface area contributed by atoms with Gasteiger partial charge in [0.25, 0.3) is 26.3 Å². The second-order valence-corrected chi connectivity index (χ2v) is 17.6. The Kier molecular flexibility index (Phi) is 16.5. The van der Waals surface area contributed by atoms with Gasteiger partial charge in [0, 0.05) is 30.2 Å². The highest BCUT2D eigenvalue weighted by atomic mass is 32.2. The fourth-order valence-electron chi connectivity index (χ4n) is 5.14. The molecule has 2 aromatic carbocycles. The van der Waals surface area contributed by atoms with Crippen LogP contribution in [0.4, 0.5) is 10.5 Å². The van der Waals surface area contributed by atoms with Crippen molar-refractivity contribution in [2.45, 2.75) is 129 Å². The number of imidazole rings is 2. The van der Waals surface area contributed by atoms with Gasteiger partial charge in [-0.05, 0) is 73.6 Å². The van der Waals surface area contributed by atoms with Gasteiger partial charge in [0.05, 0.1) is 12.7 Å². The highest BCUT2D eigenvalue weighted by molar-refractivity contribution is 7.90. The van der Waals surface area contributed by atoms with Crippen molar-refractivity contribution >= 4 is 31.8 Å². The SMILES string of the molecule is CC(C)c1cccc(C(C)C)c1NC(=O)NS(=O)(=O)c1cn(C(C)C)cn1.CC(C)c1cccc(C(C)C)c1OC#N.CC(C)n1cnc(S(N)(=O)=O)c1. The molecular formula is C38H56N8O6S2. The van der Waals surface area contributed by atoms with E-state index in [4.69, 9.17) is 15.1 Å². The number of nitrogens with two attached hydrogens (primary N) is 1. The third-order valence-electron chi connectivity index (χ3n) is 8.22. The van der Waals surface area contributed by atoms with Crippen LogP contribution in [0.2, 0.25) is 0 Å². The predicted octanol–water partition coefficient (Wildman–Crippen LogP) is 8.13. The number of para-hydroxylation sites is 2. The summed E-state index contributed by atoms with van der Waals surface area (Å²) in [6, 6.07) is 11.3. The number of primary sulfonamides is 1. The van der Waals surface area contributed by atoms with E-state index in [0.717, 1.165) is 28.0 Å². The third kappa shape index (κ3) is 12.7. The Balaban J connectivity index is 0.000000313. The lowest BCUT2D eigenvalue weighted by atomic mass is 9.93. The Bertz CT molecular complexity index is 2060. The number of benzene rings is 2. The summed E-state index contributed by atoms with van der Waals surface area (Å²) in [5.74, 6) is 1.83. The molecule has 16 heteroatoms. The number of carbonyl (C=O) groups is 1. The fourth-order valence-corrected chi connectivity index (χ4v) is 6.45. The molecule has 4 aromatic rings. The molecule has 0 saturated heterocycles. The number of aromatic nitrogens is 4. The van der Waals surface area contributed by atoms with Gasteiger partial charge >= 0.3 is 6.03 Å². The van der Waals surface area contributed by atoms with Gasteiger partial charge in [-0.3, -0.25) is 0 Å². The molecule has 0 spiro atoms. The van der Waals surface area contributed by atoms with Crippen LogP contribution in [0, 0.1) is 11.5 Å². The van der Waals surface area contributed by atoms with Crippen LogP contribution in [0.15, 0.2) is 71.5 Å². The number of carbonyl (C=O) groups excluding carboxylic acids is 1. The zero-order valence-corrected chi connectivity index (χ0v) is 35.0. The zero-order chi connectivity index (χ0) is 41.1. The molecule has 2 amide bonds. The van der Waals surface area contributed by atoms with E-state index in [1.807, 2.05) is 91.8 Å². The first-order valence-electron chi connectivity index (χ1n) is 17.8. The third-order valence-corrected chi connectivity index (χ3v) is 10.2. The lowest BCUT2D eigenvalue weighted by Crippen LogP contribution is -2.35. The summed E-state index contributed by atoms with van der Waals surface area (Å²) >= 11 is 0. The molecule has 54 heavy (non-hydrogen) atoms. The molecule has 0 aliphatic carbocycles.